The first-order valence-electron chi connectivity index (χ1n) is 7.40. The number of aryl methyl sites for hydroxylation is 1. The minimum absolute atomic E-state index is 0.0465. The predicted octanol–water partition coefficient (Wildman–Crippen LogP) is 3.37. The maximum absolute atomic E-state index is 12.2. The molecule has 25 heavy (non-hydrogen) atoms. The van der Waals surface area contributed by atoms with Crippen LogP contribution < -0.4 is 0 Å². The third kappa shape index (κ3) is 5.61. The number of hydrogen-bond donors (Lipinski definition) is 0. The predicted molar refractivity (Wildman–Crippen MR) is 95.8 cm³/mol. The van der Waals surface area contributed by atoms with Crippen LogP contribution in [0.2, 0.25) is 0 Å². The van der Waals surface area contributed by atoms with Gasteiger partial charge in [0.15, 0.2) is 0 Å². The molecular weight excluding hydrogens is 362 g/mol. The van der Waals surface area contributed by atoms with Crippen molar-refractivity contribution in [1.29, 1.82) is 0 Å². The Bertz CT molecular complexity index is 846. The number of rotatable bonds is 5. The molecule has 0 unspecified atom stereocenters. The molecule has 132 valence electrons. The Morgan fingerprint density at radius 3 is 2.32 bits per heavy atom. The molecule has 0 amide bonds. The summed E-state index contributed by atoms with van der Waals surface area (Å²) in [5.41, 5.74) is 0.911. The third-order valence-electron chi connectivity index (χ3n) is 2.94. The fourth-order valence-electron chi connectivity index (χ4n) is 1.72. The molecule has 0 aliphatic rings. The van der Waals surface area contributed by atoms with E-state index in [0.717, 1.165) is 17.3 Å². The van der Waals surface area contributed by atoms with E-state index in [9.17, 15) is 13.2 Å². The minimum atomic E-state index is -4.12. The van der Waals surface area contributed by atoms with E-state index in [-0.39, 0.29) is 16.5 Å². The molecule has 2 aromatic rings. The summed E-state index contributed by atoms with van der Waals surface area (Å²) >= 11 is 0.961. The molecule has 8 heteroatoms. The molecule has 2 aromatic carbocycles. The van der Waals surface area contributed by atoms with E-state index >= 15 is 0 Å². The van der Waals surface area contributed by atoms with Crippen molar-refractivity contribution in [2.45, 2.75) is 23.6 Å². The summed E-state index contributed by atoms with van der Waals surface area (Å²) in [6.45, 7) is 3.62. The average Bonchev–Trinajstić information content (AvgIpc) is 2.60. The number of nitrogens with zero attached hydrogens (tertiary/aromatic N) is 1. The molecule has 0 radical (unpaired) electrons. The van der Waals surface area contributed by atoms with E-state index in [4.69, 9.17) is 9.02 Å². The van der Waals surface area contributed by atoms with Gasteiger partial charge in [-0.15, -0.1) is 0 Å². The van der Waals surface area contributed by atoms with Gasteiger partial charge in [0.2, 0.25) is 5.04 Å². The number of hydrogen-bond acceptors (Lipinski definition) is 7. The molecule has 0 bridgehead atoms. The van der Waals surface area contributed by atoms with Crippen LogP contribution >= 0.6 is 11.8 Å². The van der Waals surface area contributed by atoms with Crippen molar-refractivity contribution < 1.29 is 22.2 Å². The number of thioether (sulfide) groups is 1. The molecule has 0 aliphatic carbocycles. The van der Waals surface area contributed by atoms with Crippen LogP contribution in [0.4, 0.5) is 0 Å². The van der Waals surface area contributed by atoms with Gasteiger partial charge >= 0.3 is 16.1 Å². The van der Waals surface area contributed by atoms with Crippen molar-refractivity contribution in [3.8, 4) is 0 Å². The Morgan fingerprint density at radius 2 is 1.72 bits per heavy atom. The van der Waals surface area contributed by atoms with Gasteiger partial charge in [0.1, 0.15) is 4.90 Å². The first-order chi connectivity index (χ1) is 11.9. The number of carbonyl (C=O) groups is 1. The molecular formula is C17H17NO5S2. The molecule has 0 saturated carbocycles. The number of ether oxygens (including phenoxy) is 1. The summed E-state index contributed by atoms with van der Waals surface area (Å²) in [5, 5.41) is 3.32. The van der Waals surface area contributed by atoms with Crippen LogP contribution in [0.25, 0.3) is 0 Å². The van der Waals surface area contributed by atoms with Crippen LogP contribution in [0, 0.1) is 6.92 Å². The van der Waals surface area contributed by atoms with E-state index in [0.29, 0.717) is 4.90 Å². The first kappa shape index (κ1) is 19.0. The van der Waals surface area contributed by atoms with Crippen LogP contribution in [0.15, 0.2) is 69.5 Å². The van der Waals surface area contributed by atoms with Crippen molar-refractivity contribution >= 4 is 32.9 Å². The molecule has 6 nitrogen and oxygen atoms in total. The highest BCUT2D eigenvalue weighted by molar-refractivity contribution is 8.15. The Kier molecular flexibility index (Phi) is 6.60. The zero-order valence-corrected chi connectivity index (χ0v) is 15.3. The number of benzene rings is 2. The lowest BCUT2D eigenvalue weighted by atomic mass is 10.2. The van der Waals surface area contributed by atoms with Gasteiger partial charge in [-0.1, -0.05) is 52.8 Å². The zero-order valence-electron chi connectivity index (χ0n) is 13.7. The van der Waals surface area contributed by atoms with Crippen molar-refractivity contribution in [3.63, 3.8) is 0 Å². The van der Waals surface area contributed by atoms with Crippen LogP contribution in [-0.4, -0.2) is 26.0 Å². The number of esters is 1. The molecule has 0 fully saturated rings. The molecule has 0 saturated heterocycles. The number of oxime groups is 1. The molecule has 0 aliphatic heterocycles. The second-order valence-electron chi connectivity index (χ2n) is 4.87. The van der Waals surface area contributed by atoms with E-state index in [1.54, 1.807) is 43.3 Å². The maximum atomic E-state index is 12.2. The van der Waals surface area contributed by atoms with Gasteiger partial charge in [0.05, 0.1) is 6.61 Å². The van der Waals surface area contributed by atoms with Gasteiger partial charge in [0.25, 0.3) is 0 Å². The molecule has 0 N–H and O–H groups in total. The Morgan fingerprint density at radius 1 is 1.08 bits per heavy atom. The quantitative estimate of drug-likeness (QED) is 0.260. The van der Waals surface area contributed by atoms with Crippen LogP contribution in [0.1, 0.15) is 12.5 Å². The lowest BCUT2D eigenvalue weighted by Gasteiger charge is -2.06. The molecule has 0 spiro atoms. The van der Waals surface area contributed by atoms with Gasteiger partial charge in [-0.25, -0.2) is 4.79 Å². The fourth-order valence-corrected chi connectivity index (χ4v) is 3.23. The molecule has 0 atom stereocenters. The summed E-state index contributed by atoms with van der Waals surface area (Å²) in [7, 11) is -4.12. The fraction of sp³-hybridized carbons (Fsp3) is 0.176. The number of carbonyl (C=O) groups excluding carboxylic acids is 1. The Balaban J connectivity index is 2.24. The summed E-state index contributed by atoms with van der Waals surface area (Å²) in [5.74, 6) is -0.754. The van der Waals surface area contributed by atoms with Gasteiger partial charge < -0.3 is 4.74 Å². The van der Waals surface area contributed by atoms with Crippen molar-refractivity contribution in [3.05, 3.63) is 60.2 Å². The molecule has 0 heterocycles. The normalized spacial score (nSPS) is 11.8. The van der Waals surface area contributed by atoms with E-state index in [1.807, 2.05) is 13.0 Å². The van der Waals surface area contributed by atoms with Gasteiger partial charge in [-0.2, -0.15) is 8.42 Å². The van der Waals surface area contributed by atoms with Crippen molar-refractivity contribution in [2.75, 3.05) is 6.61 Å². The van der Waals surface area contributed by atoms with Crippen LogP contribution in [-0.2, 0) is 23.9 Å². The monoisotopic (exact) mass is 379 g/mol. The lowest BCUT2D eigenvalue weighted by molar-refractivity contribution is -0.134. The van der Waals surface area contributed by atoms with Gasteiger partial charge in [-0.3, -0.25) is 4.28 Å². The summed E-state index contributed by atoms with van der Waals surface area (Å²) in [6, 6.07) is 15.0. The van der Waals surface area contributed by atoms with Gasteiger partial charge in [-0.05, 0) is 38.1 Å². The highest BCUT2D eigenvalue weighted by atomic mass is 32.2. The summed E-state index contributed by atoms with van der Waals surface area (Å²) < 4.78 is 34.0. The molecule has 0 aromatic heterocycles. The summed E-state index contributed by atoms with van der Waals surface area (Å²) in [4.78, 5) is 12.7. The van der Waals surface area contributed by atoms with E-state index < -0.39 is 16.1 Å². The topological polar surface area (TPSA) is 82.0 Å². The highest BCUT2D eigenvalue weighted by Gasteiger charge is 2.20. The average molecular weight is 379 g/mol. The lowest BCUT2D eigenvalue weighted by Crippen LogP contribution is -2.16. The van der Waals surface area contributed by atoms with E-state index in [2.05, 4.69) is 5.16 Å². The Hall–Kier alpha value is -2.32. The SMILES string of the molecule is CCOC(=O)/C(=N/OS(=O)(=O)c1ccc(C)cc1)Sc1ccccc1. The standard InChI is InChI=1S/C17H17NO5S2/c1-3-22-17(19)16(24-14-7-5-4-6-8-14)18-23-25(20,21)15-11-9-13(2)10-12-15/h4-12H,3H2,1-2H3/b18-16-. The van der Waals surface area contributed by atoms with E-state index in [1.165, 1.54) is 12.1 Å². The minimum Gasteiger partial charge on any atom is -0.461 e. The smallest absolute Gasteiger partial charge is 0.367 e. The first-order valence-corrected chi connectivity index (χ1v) is 9.63. The second-order valence-corrected chi connectivity index (χ2v) is 7.46. The van der Waals surface area contributed by atoms with Crippen LogP contribution in [0.3, 0.4) is 0 Å². The van der Waals surface area contributed by atoms with Crippen LogP contribution in [0.5, 0.6) is 0 Å². The van der Waals surface area contributed by atoms with Crippen molar-refractivity contribution in [1.82, 2.24) is 0 Å². The third-order valence-corrected chi connectivity index (χ3v) is 5.00. The second kappa shape index (κ2) is 8.68. The maximum Gasteiger partial charge on any atom is 0.367 e. The Labute approximate surface area is 151 Å². The van der Waals surface area contributed by atoms with Gasteiger partial charge in [0, 0.05) is 4.90 Å². The highest BCUT2D eigenvalue weighted by Crippen LogP contribution is 2.21. The summed E-state index contributed by atoms with van der Waals surface area (Å²) in [6.07, 6.45) is 0. The zero-order chi connectivity index (χ0) is 18.3. The van der Waals surface area contributed by atoms with Crippen molar-refractivity contribution in [2.24, 2.45) is 5.16 Å². The molecule has 2 rings (SSSR count). The largest absolute Gasteiger partial charge is 0.461 e.